The maximum atomic E-state index is 13.6. The predicted molar refractivity (Wildman–Crippen MR) is 93.7 cm³/mol. The molecule has 0 saturated carbocycles. The van der Waals surface area contributed by atoms with E-state index in [1.807, 2.05) is 18.2 Å². The number of hydrogen-bond donors (Lipinski definition) is 2. The van der Waals surface area contributed by atoms with Crippen LogP contribution in [0, 0.1) is 5.82 Å². The average Bonchev–Trinajstić information content (AvgIpc) is 3.05. The first kappa shape index (κ1) is 15.0. The maximum Gasteiger partial charge on any atom is 0.231 e. The molecule has 0 saturated heterocycles. The highest BCUT2D eigenvalue weighted by Gasteiger charge is 2.20. The first-order chi connectivity index (χ1) is 11.6. The van der Waals surface area contributed by atoms with E-state index in [0.29, 0.717) is 33.7 Å². The summed E-state index contributed by atoms with van der Waals surface area (Å²) in [5.74, 6) is 0.983. The minimum atomic E-state index is -0.301. The molecule has 2 heterocycles. The van der Waals surface area contributed by atoms with E-state index in [1.165, 1.54) is 6.07 Å². The lowest BCUT2D eigenvalue weighted by Crippen LogP contribution is -2.04. The van der Waals surface area contributed by atoms with E-state index < -0.39 is 0 Å². The van der Waals surface area contributed by atoms with Crippen LogP contribution in [0.3, 0.4) is 0 Å². The van der Waals surface area contributed by atoms with Crippen LogP contribution in [-0.2, 0) is 6.54 Å². The van der Waals surface area contributed by atoms with Crippen LogP contribution >= 0.6 is 15.9 Å². The van der Waals surface area contributed by atoms with Gasteiger partial charge in [-0.05, 0) is 45.8 Å². The number of benzene rings is 2. The van der Waals surface area contributed by atoms with Crippen molar-refractivity contribution in [3.05, 3.63) is 52.4 Å². The number of pyridine rings is 1. The Labute approximate surface area is 145 Å². The van der Waals surface area contributed by atoms with Crippen LogP contribution < -0.4 is 20.5 Å². The maximum absolute atomic E-state index is 13.6. The average molecular weight is 390 g/mol. The number of ether oxygens (including phenoxy) is 2. The van der Waals surface area contributed by atoms with Crippen LogP contribution in [0.4, 0.5) is 15.8 Å². The van der Waals surface area contributed by atoms with Crippen molar-refractivity contribution in [3.8, 4) is 11.5 Å². The molecule has 3 N–H and O–H groups in total. The smallest absolute Gasteiger partial charge is 0.231 e. The first-order valence-corrected chi connectivity index (χ1v) is 8.07. The molecule has 0 unspecified atom stereocenters. The number of hydrogen-bond acceptors (Lipinski definition) is 5. The normalized spacial score (nSPS) is 12.6. The van der Waals surface area contributed by atoms with Crippen molar-refractivity contribution in [2.24, 2.45) is 0 Å². The number of nitrogen functional groups attached to an aromatic ring is 1. The second-order valence-electron chi connectivity index (χ2n) is 5.39. The van der Waals surface area contributed by atoms with Crippen LogP contribution in [-0.4, -0.2) is 11.8 Å². The number of nitrogens with one attached hydrogen (secondary N) is 1. The van der Waals surface area contributed by atoms with Crippen molar-refractivity contribution in [1.29, 1.82) is 0 Å². The topological polar surface area (TPSA) is 69.4 Å². The standard InChI is InChI=1S/C17H13BrFN3O2/c18-11-3-1-9(5-12(11)19)6-21-15-10-2-4-14-17(24-8-23-14)16(10)22-7-13(15)20/h1-5,7H,6,8,20H2,(H,21,22). The molecule has 0 amide bonds. The van der Waals surface area contributed by atoms with Crippen LogP contribution in [0.2, 0.25) is 0 Å². The summed E-state index contributed by atoms with van der Waals surface area (Å²) in [6, 6.07) is 8.71. The monoisotopic (exact) mass is 389 g/mol. The predicted octanol–water partition coefficient (Wildman–Crippen LogP) is 4.06. The Morgan fingerprint density at radius 3 is 2.96 bits per heavy atom. The fourth-order valence-electron chi connectivity index (χ4n) is 2.68. The molecular formula is C17H13BrFN3O2. The SMILES string of the molecule is Nc1cnc2c3c(ccc2c1NCc1ccc(Br)c(F)c1)OCO3. The summed E-state index contributed by atoms with van der Waals surface area (Å²) in [5.41, 5.74) is 8.81. The zero-order valence-corrected chi connectivity index (χ0v) is 14.1. The van der Waals surface area contributed by atoms with Crippen LogP contribution in [0.25, 0.3) is 10.9 Å². The summed E-state index contributed by atoms with van der Waals surface area (Å²) in [6.45, 7) is 0.614. The molecule has 0 aliphatic carbocycles. The van der Waals surface area contributed by atoms with Gasteiger partial charge in [-0.25, -0.2) is 9.37 Å². The summed E-state index contributed by atoms with van der Waals surface area (Å²) < 4.78 is 24.9. The van der Waals surface area contributed by atoms with Gasteiger partial charge in [-0.15, -0.1) is 0 Å². The van der Waals surface area contributed by atoms with Crippen LogP contribution in [0.15, 0.2) is 41.0 Å². The number of nitrogens with zero attached hydrogens (tertiary/aromatic N) is 1. The Kier molecular flexibility index (Phi) is 3.65. The number of aromatic nitrogens is 1. The van der Waals surface area contributed by atoms with Gasteiger partial charge >= 0.3 is 0 Å². The molecule has 122 valence electrons. The van der Waals surface area contributed by atoms with Gasteiger partial charge in [0.15, 0.2) is 11.5 Å². The fraction of sp³-hybridized carbons (Fsp3) is 0.118. The lowest BCUT2D eigenvalue weighted by atomic mass is 10.1. The Morgan fingerprint density at radius 2 is 2.12 bits per heavy atom. The van der Waals surface area contributed by atoms with Crippen LogP contribution in [0.1, 0.15) is 5.56 Å². The molecule has 1 aliphatic heterocycles. The summed E-state index contributed by atoms with van der Waals surface area (Å²) in [7, 11) is 0. The molecule has 3 aromatic rings. The first-order valence-electron chi connectivity index (χ1n) is 7.28. The second kappa shape index (κ2) is 5.83. The minimum Gasteiger partial charge on any atom is -0.454 e. The zero-order valence-electron chi connectivity index (χ0n) is 12.5. The summed E-state index contributed by atoms with van der Waals surface area (Å²) in [6.07, 6.45) is 1.58. The molecular weight excluding hydrogens is 377 g/mol. The van der Waals surface area contributed by atoms with E-state index in [1.54, 1.807) is 12.3 Å². The number of nitrogens with two attached hydrogens (primary N) is 1. The largest absolute Gasteiger partial charge is 0.454 e. The van der Waals surface area contributed by atoms with Gasteiger partial charge in [0, 0.05) is 11.9 Å². The number of fused-ring (bicyclic) bond motifs is 3. The number of anilines is 2. The van der Waals surface area contributed by atoms with Crippen molar-refractivity contribution in [3.63, 3.8) is 0 Å². The second-order valence-corrected chi connectivity index (χ2v) is 6.24. The molecule has 2 aromatic carbocycles. The van der Waals surface area contributed by atoms with E-state index in [0.717, 1.165) is 16.6 Å². The van der Waals surface area contributed by atoms with Crippen molar-refractivity contribution in [1.82, 2.24) is 4.98 Å². The molecule has 4 rings (SSSR count). The number of halogens is 2. The van der Waals surface area contributed by atoms with E-state index >= 15 is 0 Å². The van der Waals surface area contributed by atoms with E-state index in [2.05, 4.69) is 26.2 Å². The van der Waals surface area contributed by atoms with Crippen LogP contribution in [0.5, 0.6) is 11.5 Å². The van der Waals surface area contributed by atoms with Crippen molar-refractivity contribution >= 4 is 38.2 Å². The van der Waals surface area contributed by atoms with Gasteiger partial charge in [0.2, 0.25) is 6.79 Å². The third-order valence-corrected chi connectivity index (χ3v) is 4.50. The Balaban J connectivity index is 1.70. The Hall–Kier alpha value is -2.54. The molecule has 0 radical (unpaired) electrons. The van der Waals surface area contributed by atoms with Crippen molar-refractivity contribution in [2.45, 2.75) is 6.54 Å². The quantitative estimate of drug-likeness (QED) is 0.706. The highest BCUT2D eigenvalue weighted by molar-refractivity contribution is 9.10. The van der Waals surface area contributed by atoms with Crippen molar-refractivity contribution < 1.29 is 13.9 Å². The van der Waals surface area contributed by atoms with Gasteiger partial charge in [-0.1, -0.05) is 6.07 Å². The minimum absolute atomic E-state index is 0.182. The van der Waals surface area contributed by atoms with Gasteiger partial charge in [-0.2, -0.15) is 0 Å². The fourth-order valence-corrected chi connectivity index (χ4v) is 2.93. The Bertz CT molecular complexity index is 949. The third-order valence-electron chi connectivity index (χ3n) is 3.86. The number of rotatable bonds is 3. The molecule has 0 fully saturated rings. The molecule has 24 heavy (non-hydrogen) atoms. The molecule has 0 spiro atoms. The molecule has 5 nitrogen and oxygen atoms in total. The van der Waals surface area contributed by atoms with Crippen molar-refractivity contribution in [2.75, 3.05) is 17.8 Å². The molecule has 0 bridgehead atoms. The van der Waals surface area contributed by atoms with Gasteiger partial charge < -0.3 is 20.5 Å². The summed E-state index contributed by atoms with van der Waals surface area (Å²) in [4.78, 5) is 4.36. The van der Waals surface area contributed by atoms with Gasteiger partial charge in [0.25, 0.3) is 0 Å². The van der Waals surface area contributed by atoms with Gasteiger partial charge in [0.05, 0.1) is 22.0 Å². The molecule has 7 heteroatoms. The molecule has 1 aromatic heterocycles. The highest BCUT2D eigenvalue weighted by Crippen LogP contribution is 2.41. The van der Waals surface area contributed by atoms with Gasteiger partial charge in [0.1, 0.15) is 11.3 Å². The zero-order chi connectivity index (χ0) is 16.7. The van der Waals surface area contributed by atoms with E-state index in [-0.39, 0.29) is 12.6 Å². The lowest BCUT2D eigenvalue weighted by Gasteiger charge is -2.13. The lowest BCUT2D eigenvalue weighted by molar-refractivity contribution is 0.174. The summed E-state index contributed by atoms with van der Waals surface area (Å²) in [5, 5.41) is 4.10. The third kappa shape index (κ3) is 2.50. The molecule has 0 atom stereocenters. The van der Waals surface area contributed by atoms with E-state index in [4.69, 9.17) is 15.2 Å². The van der Waals surface area contributed by atoms with E-state index in [9.17, 15) is 4.39 Å². The van der Waals surface area contributed by atoms with Gasteiger partial charge in [-0.3, -0.25) is 0 Å². The Morgan fingerprint density at radius 1 is 1.25 bits per heavy atom. The highest BCUT2D eigenvalue weighted by atomic mass is 79.9. The summed E-state index contributed by atoms with van der Waals surface area (Å²) >= 11 is 3.15. The molecule has 1 aliphatic rings.